The molecule has 2 bridgehead atoms. The van der Waals surface area contributed by atoms with Crippen molar-refractivity contribution in [1.82, 2.24) is 19.5 Å². The first kappa shape index (κ1) is 17.3. The number of amides is 1. The van der Waals surface area contributed by atoms with E-state index in [1.165, 1.54) is 19.1 Å². The number of rotatable bonds is 0. The van der Waals surface area contributed by atoms with Crippen molar-refractivity contribution < 1.29 is 13.9 Å². The van der Waals surface area contributed by atoms with Crippen molar-refractivity contribution in [2.75, 3.05) is 25.1 Å². The molecule has 0 saturated heterocycles. The van der Waals surface area contributed by atoms with Crippen molar-refractivity contribution >= 4 is 17.4 Å². The molecule has 7 nitrogen and oxygen atoms in total. The quantitative estimate of drug-likeness (QED) is 0.608. The summed E-state index contributed by atoms with van der Waals surface area (Å²) in [5.74, 6) is 0.963. The van der Waals surface area contributed by atoms with Crippen LogP contribution in [0.4, 0.5) is 10.2 Å². The van der Waals surface area contributed by atoms with Gasteiger partial charge in [-0.25, -0.2) is 13.9 Å². The SMILES string of the molecule is CC(=O)N1CCOc2ccc(F)cc2CN(C)c2ccn3ncc(c3n2)C1. The third-order valence-electron chi connectivity index (χ3n) is 4.67. The van der Waals surface area contributed by atoms with Crippen molar-refractivity contribution in [3.05, 3.63) is 53.6 Å². The maximum atomic E-state index is 13.8. The minimum absolute atomic E-state index is 0.0552. The van der Waals surface area contributed by atoms with Gasteiger partial charge in [-0.15, -0.1) is 0 Å². The topological polar surface area (TPSA) is 63.0 Å². The molecular weight excluding hydrogens is 349 g/mol. The summed E-state index contributed by atoms with van der Waals surface area (Å²) in [4.78, 5) is 20.4. The molecule has 0 N–H and O–H groups in total. The van der Waals surface area contributed by atoms with Gasteiger partial charge in [0.2, 0.25) is 5.91 Å². The highest BCUT2D eigenvalue weighted by molar-refractivity contribution is 5.73. The Morgan fingerprint density at radius 2 is 2.07 bits per heavy atom. The lowest BCUT2D eigenvalue weighted by molar-refractivity contribution is -0.129. The number of carbonyl (C=O) groups is 1. The lowest BCUT2D eigenvalue weighted by atomic mass is 10.2. The van der Waals surface area contributed by atoms with Gasteiger partial charge in [0, 0.05) is 37.8 Å². The second-order valence-electron chi connectivity index (χ2n) is 6.62. The van der Waals surface area contributed by atoms with Gasteiger partial charge in [-0.05, 0) is 24.3 Å². The van der Waals surface area contributed by atoms with E-state index in [-0.39, 0.29) is 11.7 Å². The van der Waals surface area contributed by atoms with Crippen LogP contribution in [0.2, 0.25) is 0 Å². The molecular formula is C19H20FN5O2. The van der Waals surface area contributed by atoms with Gasteiger partial charge in [-0.1, -0.05) is 0 Å². The molecule has 4 rings (SSSR count). The first-order valence-electron chi connectivity index (χ1n) is 8.72. The Morgan fingerprint density at radius 3 is 2.89 bits per heavy atom. The number of hydrogen-bond acceptors (Lipinski definition) is 5. The number of hydrogen-bond donors (Lipinski definition) is 0. The Labute approximate surface area is 156 Å². The summed E-state index contributed by atoms with van der Waals surface area (Å²) in [6.45, 7) is 3.10. The number of halogens is 1. The van der Waals surface area contributed by atoms with Crippen LogP contribution in [0, 0.1) is 5.82 Å². The summed E-state index contributed by atoms with van der Waals surface area (Å²) >= 11 is 0. The molecule has 1 aliphatic heterocycles. The summed E-state index contributed by atoms with van der Waals surface area (Å²) < 4.78 is 21.3. The van der Waals surface area contributed by atoms with E-state index in [0.717, 1.165) is 16.9 Å². The Balaban J connectivity index is 1.80. The van der Waals surface area contributed by atoms with Crippen LogP contribution in [0.25, 0.3) is 5.65 Å². The van der Waals surface area contributed by atoms with Gasteiger partial charge in [0.1, 0.15) is 24.0 Å². The van der Waals surface area contributed by atoms with E-state index in [2.05, 4.69) is 5.10 Å². The van der Waals surface area contributed by atoms with Gasteiger partial charge in [0.25, 0.3) is 0 Å². The number of ether oxygens (including phenoxy) is 1. The van der Waals surface area contributed by atoms with Gasteiger partial charge in [0.05, 0.1) is 19.3 Å². The number of anilines is 1. The Bertz CT molecular complexity index is 1000. The largest absolute Gasteiger partial charge is 0.491 e. The Kier molecular flexibility index (Phi) is 4.39. The number of nitrogens with zero attached hydrogens (tertiary/aromatic N) is 5. The van der Waals surface area contributed by atoms with Gasteiger partial charge in [-0.2, -0.15) is 5.10 Å². The molecule has 3 heterocycles. The minimum Gasteiger partial charge on any atom is -0.491 e. The molecule has 0 radical (unpaired) electrons. The first-order valence-corrected chi connectivity index (χ1v) is 8.72. The van der Waals surface area contributed by atoms with Gasteiger partial charge in [-0.3, -0.25) is 4.79 Å². The average Bonchev–Trinajstić information content (AvgIpc) is 3.04. The van der Waals surface area contributed by atoms with E-state index in [1.54, 1.807) is 21.7 Å². The van der Waals surface area contributed by atoms with Crippen molar-refractivity contribution in [1.29, 1.82) is 0 Å². The molecule has 1 aliphatic rings. The van der Waals surface area contributed by atoms with E-state index in [1.807, 2.05) is 24.2 Å². The summed E-state index contributed by atoms with van der Waals surface area (Å²) in [5, 5.41) is 4.32. The zero-order valence-electron chi connectivity index (χ0n) is 15.2. The number of carbonyl (C=O) groups excluding carboxylic acids is 1. The van der Waals surface area contributed by atoms with Crippen LogP contribution >= 0.6 is 0 Å². The van der Waals surface area contributed by atoms with Crippen LogP contribution in [0.3, 0.4) is 0 Å². The normalized spacial score (nSPS) is 14.9. The molecule has 3 aromatic rings. The highest BCUT2D eigenvalue weighted by atomic mass is 19.1. The molecule has 8 heteroatoms. The van der Waals surface area contributed by atoms with Crippen molar-refractivity contribution in [2.24, 2.45) is 0 Å². The van der Waals surface area contributed by atoms with Crippen LogP contribution in [-0.2, 0) is 17.9 Å². The molecule has 0 saturated carbocycles. The standard InChI is InChI=1S/C19H20FN5O2/c1-13(26)24-7-8-27-17-4-3-16(20)9-14(17)11-23(2)18-5-6-25-19(22-18)15(12-24)10-21-25/h3-6,9-10H,7-8,11-12H2,1-2H3. The molecule has 0 unspecified atom stereocenters. The van der Waals surface area contributed by atoms with Gasteiger partial charge in [0.15, 0.2) is 5.65 Å². The highest BCUT2D eigenvalue weighted by Crippen LogP contribution is 2.24. The second-order valence-corrected chi connectivity index (χ2v) is 6.62. The first-order chi connectivity index (χ1) is 13.0. The summed E-state index contributed by atoms with van der Waals surface area (Å²) in [5.41, 5.74) is 2.29. The van der Waals surface area contributed by atoms with Crippen molar-refractivity contribution in [3.8, 4) is 5.75 Å². The molecule has 0 fully saturated rings. The van der Waals surface area contributed by atoms with E-state index < -0.39 is 0 Å². The highest BCUT2D eigenvalue weighted by Gasteiger charge is 2.17. The predicted octanol–water partition coefficient (Wildman–Crippen LogP) is 2.25. The maximum absolute atomic E-state index is 13.8. The van der Waals surface area contributed by atoms with Crippen LogP contribution in [0.15, 0.2) is 36.7 Å². The number of benzene rings is 1. The predicted molar refractivity (Wildman–Crippen MR) is 98.1 cm³/mol. The fourth-order valence-corrected chi connectivity index (χ4v) is 3.20. The monoisotopic (exact) mass is 369 g/mol. The third-order valence-corrected chi connectivity index (χ3v) is 4.67. The van der Waals surface area contributed by atoms with E-state index in [4.69, 9.17) is 9.72 Å². The molecule has 1 amide bonds. The molecule has 27 heavy (non-hydrogen) atoms. The molecule has 0 atom stereocenters. The van der Waals surface area contributed by atoms with Crippen LogP contribution < -0.4 is 9.64 Å². The van der Waals surface area contributed by atoms with Crippen LogP contribution in [0.5, 0.6) is 5.75 Å². The summed E-state index contributed by atoms with van der Waals surface area (Å²) in [6.07, 6.45) is 3.56. The average molecular weight is 369 g/mol. The van der Waals surface area contributed by atoms with E-state index in [0.29, 0.717) is 37.6 Å². The minimum atomic E-state index is -0.318. The van der Waals surface area contributed by atoms with E-state index >= 15 is 0 Å². The zero-order valence-corrected chi connectivity index (χ0v) is 15.2. The fourth-order valence-electron chi connectivity index (χ4n) is 3.20. The van der Waals surface area contributed by atoms with Crippen LogP contribution in [-0.4, -0.2) is 45.6 Å². The third kappa shape index (κ3) is 3.42. The Hall–Kier alpha value is -3.16. The maximum Gasteiger partial charge on any atom is 0.219 e. The second kappa shape index (κ2) is 6.86. The van der Waals surface area contributed by atoms with Crippen molar-refractivity contribution in [2.45, 2.75) is 20.0 Å². The Morgan fingerprint density at radius 1 is 1.22 bits per heavy atom. The van der Waals surface area contributed by atoms with Gasteiger partial charge < -0.3 is 14.5 Å². The van der Waals surface area contributed by atoms with Crippen LogP contribution in [0.1, 0.15) is 18.1 Å². The number of aromatic nitrogens is 3. The zero-order chi connectivity index (χ0) is 19.0. The molecule has 140 valence electrons. The lowest BCUT2D eigenvalue weighted by Gasteiger charge is -2.21. The fraction of sp³-hybridized carbons (Fsp3) is 0.316. The molecule has 2 aromatic heterocycles. The molecule has 0 aliphatic carbocycles. The smallest absolute Gasteiger partial charge is 0.219 e. The molecule has 0 spiro atoms. The molecule has 1 aromatic carbocycles. The van der Waals surface area contributed by atoms with Crippen molar-refractivity contribution in [3.63, 3.8) is 0 Å². The summed E-state index contributed by atoms with van der Waals surface area (Å²) in [7, 11) is 1.89. The lowest BCUT2D eigenvalue weighted by Crippen LogP contribution is -2.32. The van der Waals surface area contributed by atoms with E-state index in [9.17, 15) is 9.18 Å². The summed E-state index contributed by atoms with van der Waals surface area (Å²) in [6, 6.07) is 6.33. The number of fused-ring (bicyclic) bond motifs is 2. The van der Waals surface area contributed by atoms with Gasteiger partial charge >= 0.3 is 0 Å².